The first-order valence-corrected chi connectivity index (χ1v) is 9.51. The van der Waals surface area contributed by atoms with Crippen molar-refractivity contribution < 1.29 is 0 Å². The second kappa shape index (κ2) is 10.3. The second-order valence-electron chi connectivity index (χ2n) is 6.20. The molecule has 1 aromatic rings. The lowest BCUT2D eigenvalue weighted by atomic mass is 10.1. The molecule has 1 fully saturated rings. The van der Waals surface area contributed by atoms with Crippen LogP contribution in [0.4, 0.5) is 0 Å². The van der Waals surface area contributed by atoms with Gasteiger partial charge in [-0.15, -0.1) is 0 Å². The highest BCUT2D eigenvalue weighted by Crippen LogP contribution is 2.24. The van der Waals surface area contributed by atoms with Gasteiger partial charge < -0.3 is 10.2 Å². The number of nitrogens with zero attached hydrogens (tertiary/aromatic N) is 1. The molecule has 118 valence electrons. The Bertz CT molecular complexity index is 363. The summed E-state index contributed by atoms with van der Waals surface area (Å²) in [6.45, 7) is 4.72. The molecule has 0 heterocycles. The van der Waals surface area contributed by atoms with Crippen molar-refractivity contribution in [2.75, 3.05) is 39.0 Å². The highest BCUT2D eigenvalue weighted by atomic mass is 32.2. The first kappa shape index (κ1) is 16.9. The minimum absolute atomic E-state index is 0.969. The fourth-order valence-electron chi connectivity index (χ4n) is 3.03. The van der Waals surface area contributed by atoms with Crippen LogP contribution in [-0.4, -0.2) is 43.9 Å². The van der Waals surface area contributed by atoms with Gasteiger partial charge in [0.2, 0.25) is 0 Å². The largest absolute Gasteiger partial charge is 0.315 e. The lowest BCUT2D eigenvalue weighted by molar-refractivity contribution is 0.278. The number of likely N-dealkylation sites (N-methyl/N-ethyl adjacent to an activating group) is 1. The van der Waals surface area contributed by atoms with E-state index in [4.69, 9.17) is 0 Å². The van der Waals surface area contributed by atoms with E-state index in [2.05, 4.69) is 47.6 Å². The first-order chi connectivity index (χ1) is 10.3. The van der Waals surface area contributed by atoms with Gasteiger partial charge in [0.05, 0.1) is 0 Å². The van der Waals surface area contributed by atoms with E-state index < -0.39 is 0 Å². The molecule has 0 unspecified atom stereocenters. The number of thioether (sulfide) groups is 1. The van der Waals surface area contributed by atoms with Crippen LogP contribution >= 0.6 is 11.8 Å². The third kappa shape index (κ3) is 7.35. The van der Waals surface area contributed by atoms with Crippen molar-refractivity contribution in [1.29, 1.82) is 0 Å². The van der Waals surface area contributed by atoms with E-state index in [-0.39, 0.29) is 0 Å². The molecule has 0 amide bonds. The van der Waals surface area contributed by atoms with Gasteiger partial charge in [0.15, 0.2) is 0 Å². The molecule has 0 radical (unpaired) electrons. The zero-order valence-electron chi connectivity index (χ0n) is 13.4. The highest BCUT2D eigenvalue weighted by Gasteiger charge is 2.16. The molecule has 1 aromatic carbocycles. The average molecular weight is 307 g/mol. The molecule has 3 heteroatoms. The van der Waals surface area contributed by atoms with Crippen molar-refractivity contribution in [3.05, 3.63) is 35.9 Å². The van der Waals surface area contributed by atoms with Crippen LogP contribution in [0.3, 0.4) is 0 Å². The molecule has 1 aliphatic rings. The molecular weight excluding hydrogens is 276 g/mol. The van der Waals surface area contributed by atoms with Crippen molar-refractivity contribution in [2.45, 2.75) is 31.4 Å². The maximum Gasteiger partial charge on any atom is 0.0185 e. The van der Waals surface area contributed by atoms with E-state index in [1.165, 1.54) is 50.1 Å². The number of benzene rings is 1. The topological polar surface area (TPSA) is 15.3 Å². The Balaban J connectivity index is 1.41. The summed E-state index contributed by atoms with van der Waals surface area (Å²) in [5.74, 6) is 3.29. The van der Waals surface area contributed by atoms with Crippen LogP contribution in [0.1, 0.15) is 31.2 Å². The molecular formula is C18H30N2S. The summed E-state index contributed by atoms with van der Waals surface area (Å²) in [4.78, 5) is 2.50. The number of hydrogen-bond donors (Lipinski definition) is 1. The Morgan fingerprint density at radius 2 is 1.90 bits per heavy atom. The van der Waals surface area contributed by atoms with Crippen LogP contribution in [0, 0.1) is 5.92 Å². The van der Waals surface area contributed by atoms with E-state index >= 15 is 0 Å². The lowest BCUT2D eigenvalue weighted by Gasteiger charge is -2.20. The smallest absolute Gasteiger partial charge is 0.0185 e. The zero-order valence-corrected chi connectivity index (χ0v) is 14.2. The Morgan fingerprint density at radius 1 is 1.14 bits per heavy atom. The Kier molecular flexibility index (Phi) is 8.23. The highest BCUT2D eigenvalue weighted by molar-refractivity contribution is 7.98. The van der Waals surface area contributed by atoms with E-state index in [1.807, 2.05) is 11.8 Å². The molecule has 2 nitrogen and oxygen atoms in total. The predicted octanol–water partition coefficient (Wildman–Crippen LogP) is 3.63. The van der Waals surface area contributed by atoms with Gasteiger partial charge >= 0.3 is 0 Å². The van der Waals surface area contributed by atoms with Gasteiger partial charge in [-0.05, 0) is 31.4 Å². The van der Waals surface area contributed by atoms with Gasteiger partial charge in [0.1, 0.15) is 0 Å². The van der Waals surface area contributed by atoms with E-state index in [0.29, 0.717) is 0 Å². The SMILES string of the molecule is CN(CCNCCSCc1ccccc1)CC1CCCC1. The minimum atomic E-state index is 0.969. The van der Waals surface area contributed by atoms with Crippen LogP contribution in [0.2, 0.25) is 0 Å². The molecule has 2 rings (SSSR count). The fourth-order valence-corrected chi connectivity index (χ4v) is 3.89. The fraction of sp³-hybridized carbons (Fsp3) is 0.667. The summed E-state index contributed by atoms with van der Waals surface area (Å²) in [5, 5.41) is 3.56. The summed E-state index contributed by atoms with van der Waals surface area (Å²) in [7, 11) is 2.27. The van der Waals surface area contributed by atoms with Gasteiger partial charge in [0, 0.05) is 37.7 Å². The third-order valence-electron chi connectivity index (χ3n) is 4.25. The summed E-state index contributed by atoms with van der Waals surface area (Å²) in [6, 6.07) is 10.7. The molecule has 1 aliphatic carbocycles. The maximum atomic E-state index is 3.56. The number of rotatable bonds is 10. The standard InChI is InChI=1S/C18H30N2S/c1-20(15-17-7-5-6-8-17)13-11-19-12-14-21-16-18-9-3-2-4-10-18/h2-4,9-10,17,19H,5-8,11-16H2,1H3. The summed E-state index contributed by atoms with van der Waals surface area (Å²) < 4.78 is 0. The van der Waals surface area contributed by atoms with Crippen molar-refractivity contribution in [1.82, 2.24) is 10.2 Å². The van der Waals surface area contributed by atoms with E-state index in [1.54, 1.807) is 0 Å². The van der Waals surface area contributed by atoms with Gasteiger partial charge in [-0.3, -0.25) is 0 Å². The Hall–Kier alpha value is -0.510. The van der Waals surface area contributed by atoms with Crippen LogP contribution in [0.25, 0.3) is 0 Å². The van der Waals surface area contributed by atoms with Crippen LogP contribution in [-0.2, 0) is 5.75 Å². The van der Waals surface area contributed by atoms with Gasteiger partial charge in [-0.2, -0.15) is 11.8 Å². The van der Waals surface area contributed by atoms with Crippen LogP contribution < -0.4 is 5.32 Å². The van der Waals surface area contributed by atoms with Gasteiger partial charge in [0.25, 0.3) is 0 Å². The molecule has 1 N–H and O–H groups in total. The summed E-state index contributed by atoms with van der Waals surface area (Å²) in [5.41, 5.74) is 1.43. The molecule has 0 bridgehead atoms. The Morgan fingerprint density at radius 3 is 2.67 bits per heavy atom. The molecule has 0 aliphatic heterocycles. The first-order valence-electron chi connectivity index (χ1n) is 8.35. The summed E-state index contributed by atoms with van der Waals surface area (Å²) in [6.07, 6.45) is 5.81. The van der Waals surface area contributed by atoms with Crippen LogP contribution in [0.15, 0.2) is 30.3 Å². The van der Waals surface area contributed by atoms with Crippen molar-refractivity contribution >= 4 is 11.8 Å². The molecule has 21 heavy (non-hydrogen) atoms. The molecule has 0 atom stereocenters. The second-order valence-corrected chi connectivity index (χ2v) is 7.31. The average Bonchev–Trinajstić information content (AvgIpc) is 3.00. The van der Waals surface area contributed by atoms with Gasteiger partial charge in [-0.1, -0.05) is 43.2 Å². The maximum absolute atomic E-state index is 3.56. The van der Waals surface area contributed by atoms with Crippen LogP contribution in [0.5, 0.6) is 0 Å². The lowest BCUT2D eigenvalue weighted by Crippen LogP contribution is -2.33. The zero-order chi connectivity index (χ0) is 14.8. The molecule has 0 saturated heterocycles. The molecule has 0 aromatic heterocycles. The van der Waals surface area contributed by atoms with Gasteiger partial charge in [-0.25, -0.2) is 0 Å². The third-order valence-corrected chi connectivity index (χ3v) is 5.28. The predicted molar refractivity (Wildman–Crippen MR) is 94.9 cm³/mol. The Labute approximate surface area is 134 Å². The minimum Gasteiger partial charge on any atom is -0.315 e. The number of nitrogens with one attached hydrogen (secondary N) is 1. The normalized spacial score (nSPS) is 15.9. The monoisotopic (exact) mass is 306 g/mol. The van der Waals surface area contributed by atoms with Crippen molar-refractivity contribution in [2.24, 2.45) is 5.92 Å². The quantitative estimate of drug-likeness (QED) is 0.665. The van der Waals surface area contributed by atoms with E-state index in [0.717, 1.165) is 24.8 Å². The van der Waals surface area contributed by atoms with E-state index in [9.17, 15) is 0 Å². The van der Waals surface area contributed by atoms with Crippen molar-refractivity contribution in [3.8, 4) is 0 Å². The number of hydrogen-bond acceptors (Lipinski definition) is 3. The molecule has 1 saturated carbocycles. The van der Waals surface area contributed by atoms with Crippen molar-refractivity contribution in [3.63, 3.8) is 0 Å². The summed E-state index contributed by atoms with van der Waals surface area (Å²) >= 11 is 2.02. The molecule has 0 spiro atoms.